The highest BCUT2D eigenvalue weighted by atomic mass is 31.1. The quantitative estimate of drug-likeness (QED) is 0.472. The molecule has 0 amide bonds. The van der Waals surface area contributed by atoms with Gasteiger partial charge in [-0.3, -0.25) is 0 Å². The SMILES string of the molecule is CC.CC.CCC1CCCP1CCP1CCCC1CC. The summed E-state index contributed by atoms with van der Waals surface area (Å²) in [5, 5.41) is 0. The molecular weight excluding hydrogens is 278 g/mol. The van der Waals surface area contributed by atoms with Crippen molar-refractivity contribution in [2.75, 3.05) is 24.6 Å². The van der Waals surface area contributed by atoms with Gasteiger partial charge in [0.25, 0.3) is 0 Å². The Kier molecular flexibility index (Phi) is 14.1. The van der Waals surface area contributed by atoms with Gasteiger partial charge < -0.3 is 0 Å². The van der Waals surface area contributed by atoms with E-state index in [4.69, 9.17) is 0 Å². The first-order valence-electron chi connectivity index (χ1n) is 9.33. The Balaban J connectivity index is 0.000000829. The first kappa shape index (κ1) is 20.9. The average molecular weight is 318 g/mol. The Morgan fingerprint density at radius 2 is 1.05 bits per heavy atom. The maximum absolute atomic E-state index is 2.42. The Hall–Kier alpha value is 0.860. The maximum atomic E-state index is 2.42. The molecule has 20 heavy (non-hydrogen) atoms. The zero-order chi connectivity index (χ0) is 15.4. The summed E-state index contributed by atoms with van der Waals surface area (Å²) in [7, 11) is 0.935. The van der Waals surface area contributed by atoms with Crippen LogP contribution >= 0.6 is 15.8 Å². The molecule has 2 aliphatic rings. The second-order valence-electron chi connectivity index (χ2n) is 5.48. The van der Waals surface area contributed by atoms with Gasteiger partial charge in [-0.2, -0.15) is 0 Å². The molecule has 4 unspecified atom stereocenters. The van der Waals surface area contributed by atoms with E-state index < -0.39 is 0 Å². The number of hydrogen-bond acceptors (Lipinski definition) is 0. The van der Waals surface area contributed by atoms with Gasteiger partial charge in [-0.05, 0) is 74.5 Å². The van der Waals surface area contributed by atoms with E-state index in [9.17, 15) is 0 Å². The lowest BCUT2D eigenvalue weighted by Gasteiger charge is -2.24. The smallest absolute Gasteiger partial charge is 0.0212 e. The lowest BCUT2D eigenvalue weighted by molar-refractivity contribution is 0.754. The molecule has 2 fully saturated rings. The van der Waals surface area contributed by atoms with Crippen LogP contribution < -0.4 is 0 Å². The fraction of sp³-hybridized carbons (Fsp3) is 1.00. The van der Waals surface area contributed by atoms with Gasteiger partial charge in [0.2, 0.25) is 0 Å². The summed E-state index contributed by atoms with van der Waals surface area (Å²) in [4.78, 5) is 0. The average Bonchev–Trinajstić information content (AvgIpc) is 3.17. The summed E-state index contributed by atoms with van der Waals surface area (Å²) in [6.07, 6.45) is 15.7. The Bertz CT molecular complexity index is 184. The van der Waals surface area contributed by atoms with Crippen molar-refractivity contribution in [2.24, 2.45) is 0 Å². The molecular formula is C18H40P2. The van der Waals surface area contributed by atoms with Crippen molar-refractivity contribution >= 4 is 15.8 Å². The molecule has 0 radical (unpaired) electrons. The third kappa shape index (κ3) is 6.75. The highest BCUT2D eigenvalue weighted by Crippen LogP contribution is 2.57. The first-order valence-corrected chi connectivity index (χ1v) is 12.9. The predicted molar refractivity (Wildman–Crippen MR) is 103 cm³/mol. The summed E-state index contributed by atoms with van der Waals surface area (Å²) in [5.41, 5.74) is 2.32. The van der Waals surface area contributed by atoms with Crippen molar-refractivity contribution in [3.05, 3.63) is 0 Å². The van der Waals surface area contributed by atoms with Crippen LogP contribution in [0, 0.1) is 0 Å². The van der Waals surface area contributed by atoms with Crippen LogP contribution in [0.4, 0.5) is 0 Å². The van der Waals surface area contributed by atoms with Crippen LogP contribution in [0.3, 0.4) is 0 Å². The molecule has 2 heterocycles. The van der Waals surface area contributed by atoms with E-state index in [2.05, 4.69) is 13.8 Å². The standard InChI is InChI=1S/C14H28P2.2C2H6/c1-3-13-7-5-9-15(13)11-12-16-10-6-8-14(16)4-2;2*1-2/h13-14H,3-12H2,1-2H3;2*1-2H3. The van der Waals surface area contributed by atoms with Crippen LogP contribution in [0.2, 0.25) is 0 Å². The minimum atomic E-state index is 0.467. The number of hydrogen-bond donors (Lipinski definition) is 0. The fourth-order valence-electron chi connectivity index (χ4n) is 3.56. The van der Waals surface area contributed by atoms with E-state index in [1.165, 1.54) is 12.8 Å². The summed E-state index contributed by atoms with van der Waals surface area (Å²) < 4.78 is 0. The first-order chi connectivity index (χ1) is 9.85. The van der Waals surface area contributed by atoms with Gasteiger partial charge in [0.1, 0.15) is 0 Å². The van der Waals surface area contributed by atoms with Gasteiger partial charge in [-0.25, -0.2) is 0 Å². The molecule has 0 spiro atoms. The summed E-state index contributed by atoms with van der Waals surface area (Å²) >= 11 is 0. The van der Waals surface area contributed by atoms with Crippen LogP contribution in [-0.4, -0.2) is 36.0 Å². The molecule has 2 heteroatoms. The zero-order valence-corrected chi connectivity index (χ0v) is 16.9. The van der Waals surface area contributed by atoms with Gasteiger partial charge in [-0.15, -0.1) is 15.8 Å². The van der Waals surface area contributed by atoms with Gasteiger partial charge in [0.05, 0.1) is 0 Å². The molecule has 2 aliphatic heterocycles. The lowest BCUT2D eigenvalue weighted by Crippen LogP contribution is -2.06. The van der Waals surface area contributed by atoms with E-state index in [-0.39, 0.29) is 0 Å². The lowest BCUT2D eigenvalue weighted by atomic mass is 10.2. The Morgan fingerprint density at radius 3 is 1.35 bits per heavy atom. The monoisotopic (exact) mass is 318 g/mol. The van der Waals surface area contributed by atoms with Crippen LogP contribution in [0.5, 0.6) is 0 Å². The van der Waals surface area contributed by atoms with E-state index in [0.29, 0.717) is 15.8 Å². The molecule has 0 aromatic carbocycles. The van der Waals surface area contributed by atoms with Crippen molar-refractivity contribution in [1.82, 2.24) is 0 Å². The van der Waals surface area contributed by atoms with E-state index in [1.807, 2.05) is 27.7 Å². The largest absolute Gasteiger partial charge is 0.103 e. The topological polar surface area (TPSA) is 0 Å². The van der Waals surface area contributed by atoms with Gasteiger partial charge in [0, 0.05) is 0 Å². The molecule has 0 N–H and O–H groups in total. The van der Waals surface area contributed by atoms with Crippen molar-refractivity contribution in [3.63, 3.8) is 0 Å². The summed E-state index contributed by atoms with van der Waals surface area (Å²) in [5.74, 6) is 0. The fourth-order valence-corrected chi connectivity index (χ4v) is 10.8. The molecule has 0 aromatic heterocycles. The van der Waals surface area contributed by atoms with Crippen LogP contribution in [0.1, 0.15) is 80.1 Å². The molecule has 0 nitrogen and oxygen atoms in total. The molecule has 0 aliphatic carbocycles. The maximum Gasteiger partial charge on any atom is -0.0212 e. The Labute approximate surface area is 132 Å². The second-order valence-corrected chi connectivity index (χ2v) is 11.1. The minimum absolute atomic E-state index is 0.467. The highest BCUT2D eigenvalue weighted by Gasteiger charge is 2.29. The summed E-state index contributed by atoms with van der Waals surface area (Å²) in [6.45, 7) is 12.8. The van der Waals surface area contributed by atoms with Crippen LogP contribution in [0.15, 0.2) is 0 Å². The van der Waals surface area contributed by atoms with Crippen molar-refractivity contribution in [3.8, 4) is 0 Å². The molecule has 2 rings (SSSR count). The molecule has 2 saturated heterocycles. The van der Waals surface area contributed by atoms with Gasteiger partial charge in [-0.1, -0.05) is 41.5 Å². The molecule has 122 valence electrons. The van der Waals surface area contributed by atoms with Crippen molar-refractivity contribution in [2.45, 2.75) is 91.4 Å². The molecule has 0 saturated carbocycles. The van der Waals surface area contributed by atoms with E-state index in [1.54, 1.807) is 50.3 Å². The molecule has 0 aromatic rings. The zero-order valence-electron chi connectivity index (χ0n) is 15.1. The Morgan fingerprint density at radius 1 is 0.700 bits per heavy atom. The highest BCUT2D eigenvalue weighted by molar-refractivity contribution is 7.62. The molecule has 4 atom stereocenters. The minimum Gasteiger partial charge on any atom is -0.103 e. The van der Waals surface area contributed by atoms with Gasteiger partial charge >= 0.3 is 0 Å². The number of rotatable bonds is 5. The van der Waals surface area contributed by atoms with Crippen molar-refractivity contribution in [1.29, 1.82) is 0 Å². The van der Waals surface area contributed by atoms with Crippen LogP contribution in [0.25, 0.3) is 0 Å². The molecule has 0 bridgehead atoms. The summed E-state index contributed by atoms with van der Waals surface area (Å²) in [6, 6.07) is 0. The van der Waals surface area contributed by atoms with E-state index in [0.717, 1.165) is 11.3 Å². The third-order valence-electron chi connectivity index (χ3n) is 4.62. The van der Waals surface area contributed by atoms with E-state index >= 15 is 0 Å². The van der Waals surface area contributed by atoms with Crippen molar-refractivity contribution < 1.29 is 0 Å². The van der Waals surface area contributed by atoms with Crippen LogP contribution in [-0.2, 0) is 0 Å². The third-order valence-corrected chi connectivity index (χ3v) is 11.7. The second kappa shape index (κ2) is 13.5. The van der Waals surface area contributed by atoms with Gasteiger partial charge in [0.15, 0.2) is 0 Å². The normalized spacial score (nSPS) is 32.1. The predicted octanol–water partition coefficient (Wildman–Crippen LogP) is 7.15.